The summed E-state index contributed by atoms with van der Waals surface area (Å²) in [5, 5.41) is 9.38. The summed E-state index contributed by atoms with van der Waals surface area (Å²) in [5.41, 5.74) is 0.178. The number of hydrogen-bond acceptors (Lipinski definition) is 4. The van der Waals surface area contributed by atoms with Crippen LogP contribution < -0.4 is 0 Å². The number of aromatic nitrogens is 1. The minimum atomic E-state index is -0.995. The number of rotatable bonds is 5. The van der Waals surface area contributed by atoms with Gasteiger partial charge in [0.15, 0.2) is 0 Å². The van der Waals surface area contributed by atoms with Gasteiger partial charge in [-0.2, -0.15) is 0 Å². The molecule has 1 amide bonds. The molecule has 0 fully saturated rings. The zero-order chi connectivity index (χ0) is 13.7. The molecule has 0 unspecified atom stereocenters. The van der Waals surface area contributed by atoms with Crippen LogP contribution in [-0.2, 0) is 4.79 Å². The topological polar surface area (TPSA) is 70.5 Å². The standard InChI is InChI=1S/C12H16N2O3S/c1-8(2)14(3)11(15)7-18-10-6-9(12(16)17)4-5-13-10/h4-6,8H,7H2,1-3H3,(H,16,17). The van der Waals surface area contributed by atoms with E-state index in [-0.39, 0.29) is 23.3 Å². The Labute approximate surface area is 110 Å². The van der Waals surface area contributed by atoms with Gasteiger partial charge in [0.25, 0.3) is 0 Å². The average molecular weight is 268 g/mol. The molecule has 5 nitrogen and oxygen atoms in total. The second kappa shape index (κ2) is 6.39. The lowest BCUT2D eigenvalue weighted by Gasteiger charge is -2.20. The molecule has 0 aliphatic carbocycles. The van der Waals surface area contributed by atoms with Gasteiger partial charge in [-0.25, -0.2) is 9.78 Å². The molecule has 0 saturated carbocycles. The molecule has 0 spiro atoms. The first-order chi connectivity index (χ1) is 8.41. The summed E-state index contributed by atoms with van der Waals surface area (Å²) in [5.74, 6) is -0.743. The van der Waals surface area contributed by atoms with E-state index in [9.17, 15) is 9.59 Å². The van der Waals surface area contributed by atoms with Crippen LogP contribution in [-0.4, -0.2) is 45.7 Å². The Hall–Kier alpha value is -1.56. The Balaban J connectivity index is 2.61. The summed E-state index contributed by atoms with van der Waals surface area (Å²) in [7, 11) is 1.74. The van der Waals surface area contributed by atoms with Crippen LogP contribution >= 0.6 is 11.8 Å². The van der Waals surface area contributed by atoms with E-state index in [4.69, 9.17) is 5.11 Å². The van der Waals surface area contributed by atoms with E-state index >= 15 is 0 Å². The van der Waals surface area contributed by atoms with Crippen molar-refractivity contribution in [3.63, 3.8) is 0 Å². The number of carbonyl (C=O) groups excluding carboxylic acids is 1. The van der Waals surface area contributed by atoms with Crippen molar-refractivity contribution in [3.05, 3.63) is 23.9 Å². The molecule has 0 aliphatic rings. The van der Waals surface area contributed by atoms with Crippen LogP contribution in [0.2, 0.25) is 0 Å². The molecule has 0 saturated heterocycles. The fourth-order valence-corrected chi connectivity index (χ4v) is 1.97. The first-order valence-electron chi connectivity index (χ1n) is 5.49. The van der Waals surface area contributed by atoms with Crippen LogP contribution in [0.15, 0.2) is 23.4 Å². The molecule has 0 atom stereocenters. The quantitative estimate of drug-likeness (QED) is 0.824. The third-order valence-electron chi connectivity index (χ3n) is 2.49. The van der Waals surface area contributed by atoms with Gasteiger partial charge in [-0.15, -0.1) is 0 Å². The normalized spacial score (nSPS) is 10.4. The number of hydrogen-bond donors (Lipinski definition) is 1. The van der Waals surface area contributed by atoms with Crippen LogP contribution in [0.4, 0.5) is 0 Å². The molecule has 1 rings (SSSR count). The molecule has 18 heavy (non-hydrogen) atoms. The lowest BCUT2D eigenvalue weighted by Crippen LogP contribution is -2.34. The van der Waals surface area contributed by atoms with Crippen LogP contribution in [0.5, 0.6) is 0 Å². The predicted octanol–water partition coefficient (Wildman–Crippen LogP) is 1.74. The molecule has 1 aromatic heterocycles. The fraction of sp³-hybridized carbons (Fsp3) is 0.417. The van der Waals surface area contributed by atoms with Gasteiger partial charge in [-0.1, -0.05) is 11.8 Å². The predicted molar refractivity (Wildman–Crippen MR) is 69.8 cm³/mol. The molecule has 98 valence electrons. The largest absolute Gasteiger partial charge is 0.478 e. The van der Waals surface area contributed by atoms with Gasteiger partial charge in [0, 0.05) is 19.3 Å². The number of aromatic carboxylic acids is 1. The highest BCUT2D eigenvalue weighted by Crippen LogP contribution is 2.17. The summed E-state index contributed by atoms with van der Waals surface area (Å²) in [6.07, 6.45) is 1.43. The highest BCUT2D eigenvalue weighted by Gasteiger charge is 2.13. The van der Waals surface area contributed by atoms with Crippen molar-refractivity contribution in [1.82, 2.24) is 9.88 Å². The SMILES string of the molecule is CC(C)N(C)C(=O)CSc1cc(C(=O)O)ccn1. The van der Waals surface area contributed by atoms with Gasteiger partial charge in [-0.3, -0.25) is 4.79 Å². The van der Waals surface area contributed by atoms with E-state index in [2.05, 4.69) is 4.98 Å². The minimum absolute atomic E-state index is 0.00229. The maximum absolute atomic E-state index is 11.7. The van der Waals surface area contributed by atoms with E-state index in [1.54, 1.807) is 11.9 Å². The molecule has 1 N–H and O–H groups in total. The highest BCUT2D eigenvalue weighted by atomic mass is 32.2. The zero-order valence-corrected chi connectivity index (χ0v) is 11.4. The molecule has 0 aromatic carbocycles. The number of carboxylic acid groups (broad SMARTS) is 1. The molecule has 1 heterocycles. The Morgan fingerprint density at radius 3 is 2.72 bits per heavy atom. The van der Waals surface area contributed by atoms with Gasteiger partial charge in [0.2, 0.25) is 5.91 Å². The van der Waals surface area contributed by atoms with Gasteiger partial charge < -0.3 is 10.0 Å². The van der Waals surface area contributed by atoms with E-state index in [1.165, 1.54) is 30.1 Å². The molecule has 0 radical (unpaired) electrons. The highest BCUT2D eigenvalue weighted by molar-refractivity contribution is 7.99. The molecule has 1 aromatic rings. The van der Waals surface area contributed by atoms with E-state index in [1.807, 2.05) is 13.8 Å². The Bertz CT molecular complexity index is 449. The summed E-state index contributed by atoms with van der Waals surface area (Å²) >= 11 is 1.24. The van der Waals surface area contributed by atoms with Gasteiger partial charge in [-0.05, 0) is 26.0 Å². The van der Waals surface area contributed by atoms with Crippen molar-refractivity contribution in [2.75, 3.05) is 12.8 Å². The number of pyridine rings is 1. The lowest BCUT2D eigenvalue weighted by molar-refractivity contribution is -0.128. The van der Waals surface area contributed by atoms with Crippen molar-refractivity contribution in [1.29, 1.82) is 0 Å². The second-order valence-electron chi connectivity index (χ2n) is 4.07. The second-order valence-corrected chi connectivity index (χ2v) is 5.07. The Morgan fingerprint density at radius 2 is 2.17 bits per heavy atom. The maximum atomic E-state index is 11.7. The van der Waals surface area contributed by atoms with Crippen molar-refractivity contribution >= 4 is 23.6 Å². The monoisotopic (exact) mass is 268 g/mol. The van der Waals surface area contributed by atoms with Crippen molar-refractivity contribution < 1.29 is 14.7 Å². The van der Waals surface area contributed by atoms with Crippen molar-refractivity contribution in [3.8, 4) is 0 Å². The number of carboxylic acids is 1. The van der Waals surface area contributed by atoms with E-state index < -0.39 is 5.97 Å². The molecular weight excluding hydrogens is 252 g/mol. The van der Waals surface area contributed by atoms with Crippen molar-refractivity contribution in [2.24, 2.45) is 0 Å². The summed E-state index contributed by atoms with van der Waals surface area (Å²) in [4.78, 5) is 28.2. The van der Waals surface area contributed by atoms with Crippen LogP contribution in [0.1, 0.15) is 24.2 Å². The summed E-state index contributed by atoms with van der Waals surface area (Å²) < 4.78 is 0. The lowest BCUT2D eigenvalue weighted by atomic mass is 10.3. The minimum Gasteiger partial charge on any atom is -0.478 e. The smallest absolute Gasteiger partial charge is 0.335 e. The van der Waals surface area contributed by atoms with Crippen molar-refractivity contribution in [2.45, 2.75) is 24.9 Å². The third kappa shape index (κ3) is 4.03. The first kappa shape index (κ1) is 14.5. The van der Waals surface area contributed by atoms with Gasteiger partial charge >= 0.3 is 5.97 Å². The number of amides is 1. The average Bonchev–Trinajstić information content (AvgIpc) is 2.35. The number of thioether (sulfide) groups is 1. The third-order valence-corrected chi connectivity index (χ3v) is 3.40. The van der Waals surface area contributed by atoms with Crippen LogP contribution in [0.3, 0.4) is 0 Å². The van der Waals surface area contributed by atoms with Crippen LogP contribution in [0, 0.1) is 0 Å². The van der Waals surface area contributed by atoms with E-state index in [0.29, 0.717) is 5.03 Å². The molecule has 0 aliphatic heterocycles. The molecule has 0 bridgehead atoms. The van der Waals surface area contributed by atoms with Crippen LogP contribution in [0.25, 0.3) is 0 Å². The number of nitrogens with zero attached hydrogens (tertiary/aromatic N) is 2. The fourth-order valence-electron chi connectivity index (χ4n) is 1.15. The maximum Gasteiger partial charge on any atom is 0.335 e. The molecular formula is C12H16N2O3S. The Morgan fingerprint density at radius 1 is 1.50 bits per heavy atom. The number of carbonyl (C=O) groups is 2. The Kier molecular flexibility index (Phi) is 5.15. The first-order valence-corrected chi connectivity index (χ1v) is 6.48. The zero-order valence-electron chi connectivity index (χ0n) is 10.6. The summed E-state index contributed by atoms with van der Waals surface area (Å²) in [6, 6.07) is 3.04. The summed E-state index contributed by atoms with van der Waals surface area (Å²) in [6.45, 7) is 3.87. The molecule has 6 heteroatoms. The van der Waals surface area contributed by atoms with Gasteiger partial charge in [0.05, 0.1) is 16.3 Å². The van der Waals surface area contributed by atoms with Gasteiger partial charge in [0.1, 0.15) is 0 Å². The van der Waals surface area contributed by atoms with E-state index in [0.717, 1.165) is 0 Å².